The minimum absolute atomic E-state index is 0.224. The first-order valence-electron chi connectivity index (χ1n) is 3.66. The summed E-state index contributed by atoms with van der Waals surface area (Å²) in [7, 11) is -4.15. The average Bonchev–Trinajstić information content (AvgIpc) is 2.14. The zero-order chi connectivity index (χ0) is 13.7. The molecule has 0 atom stereocenters. The predicted octanol–water partition coefficient (Wildman–Crippen LogP) is 0.232. The van der Waals surface area contributed by atoms with Crippen LogP contribution < -0.4 is 0 Å². The van der Waals surface area contributed by atoms with Gasteiger partial charge in [0.15, 0.2) is 0 Å². The van der Waals surface area contributed by atoms with Crippen molar-refractivity contribution in [3.05, 3.63) is 29.8 Å². The number of rotatable bonds is 2. The van der Waals surface area contributed by atoms with Crippen molar-refractivity contribution in [3.63, 3.8) is 0 Å². The van der Waals surface area contributed by atoms with E-state index in [1.54, 1.807) is 0 Å². The van der Waals surface area contributed by atoms with Gasteiger partial charge in [-0.1, -0.05) is 0 Å². The molecule has 0 saturated carbocycles. The first-order valence-corrected chi connectivity index (χ1v) is 7.28. The van der Waals surface area contributed by atoms with Gasteiger partial charge in [0.05, 0.1) is 4.90 Å². The SMILES string of the molecule is [N-]=Nc1ccc(S(=O)(=O)O)cc1.[O]=[Cr](=[O])([OH])[OH]. The Bertz CT molecular complexity index is 569. The quantitative estimate of drug-likeness (QED) is 0.519. The van der Waals surface area contributed by atoms with Crippen molar-refractivity contribution in [2.24, 2.45) is 5.11 Å². The topological polar surface area (TPSA) is 164 Å². The summed E-state index contributed by atoms with van der Waals surface area (Å²) in [4.78, 5) is -0.227. The van der Waals surface area contributed by atoms with E-state index < -0.39 is 23.7 Å². The van der Waals surface area contributed by atoms with E-state index >= 15 is 0 Å². The van der Waals surface area contributed by atoms with Gasteiger partial charge in [0, 0.05) is 5.69 Å². The Morgan fingerprint density at radius 3 is 1.71 bits per heavy atom. The molecule has 0 aliphatic rings. The fourth-order valence-corrected chi connectivity index (χ4v) is 1.16. The molecule has 1 rings (SSSR count). The molecule has 0 aromatic heterocycles. The Balaban J connectivity index is 0.000000437. The van der Waals surface area contributed by atoms with Gasteiger partial charge >= 0.3 is 29.5 Å². The second-order valence-corrected chi connectivity index (χ2v) is 5.34. The number of benzene rings is 1. The molecular formula is C6H7CrN2O7S-. The zero-order valence-corrected chi connectivity index (χ0v) is 10.1. The molecule has 1 aromatic carbocycles. The molecule has 0 heterocycles. The summed E-state index contributed by atoms with van der Waals surface area (Å²) in [6, 6.07) is 4.82. The molecule has 96 valence electrons. The van der Waals surface area contributed by atoms with Gasteiger partial charge in [0.25, 0.3) is 10.1 Å². The summed E-state index contributed by atoms with van der Waals surface area (Å²) >= 11 is -5.25. The van der Waals surface area contributed by atoms with Gasteiger partial charge in [-0.2, -0.15) is 8.42 Å². The van der Waals surface area contributed by atoms with Crippen LogP contribution in [0.5, 0.6) is 0 Å². The molecule has 3 N–H and O–H groups in total. The molecule has 17 heavy (non-hydrogen) atoms. The van der Waals surface area contributed by atoms with Crippen LogP contribution in [-0.4, -0.2) is 21.3 Å². The van der Waals surface area contributed by atoms with E-state index in [1.807, 2.05) is 0 Å². The third-order valence-electron chi connectivity index (χ3n) is 1.25. The third kappa shape index (κ3) is 8.58. The van der Waals surface area contributed by atoms with Crippen LogP contribution >= 0.6 is 0 Å². The van der Waals surface area contributed by atoms with E-state index in [0.717, 1.165) is 12.1 Å². The fourth-order valence-electron chi connectivity index (χ4n) is 0.685. The van der Waals surface area contributed by atoms with Crippen LogP contribution in [-0.2, 0) is 31.3 Å². The Hall–Kier alpha value is -1.22. The molecule has 0 aliphatic carbocycles. The van der Waals surface area contributed by atoms with Gasteiger partial charge in [-0.25, -0.2) is 0 Å². The summed E-state index contributed by atoms with van der Waals surface area (Å²) in [6.07, 6.45) is 0. The Morgan fingerprint density at radius 2 is 1.47 bits per heavy atom. The van der Waals surface area contributed by atoms with Crippen molar-refractivity contribution in [2.45, 2.75) is 4.90 Å². The van der Waals surface area contributed by atoms with Gasteiger partial charge in [0.1, 0.15) is 0 Å². The molecule has 0 bridgehead atoms. The first kappa shape index (κ1) is 15.8. The molecule has 0 amide bonds. The molecule has 0 radical (unpaired) electrons. The van der Waals surface area contributed by atoms with Crippen LogP contribution in [0.1, 0.15) is 0 Å². The van der Waals surface area contributed by atoms with Crippen molar-refractivity contribution >= 4 is 15.8 Å². The van der Waals surface area contributed by atoms with Crippen molar-refractivity contribution < 1.29 is 42.5 Å². The average molecular weight is 303 g/mol. The molecule has 0 spiro atoms. The standard InChI is InChI=1S/C6H5N2O3S.Cr.2H2O.2O/c7-8-5-1-3-6(4-2-5)12(9,10)11;;;;;/h1-4H,(H,9,10,11);;2*1H2;;/q-1;+2;;;;/p-2. The van der Waals surface area contributed by atoms with E-state index in [-0.39, 0.29) is 10.6 Å². The number of hydrogen-bond donors (Lipinski definition) is 3. The van der Waals surface area contributed by atoms with Crippen LogP contribution in [0.15, 0.2) is 34.3 Å². The second-order valence-electron chi connectivity index (χ2n) is 2.52. The van der Waals surface area contributed by atoms with Gasteiger partial charge in [-0.3, -0.25) is 4.55 Å². The summed E-state index contributed by atoms with van der Waals surface area (Å²) in [5.74, 6) is 0. The Morgan fingerprint density at radius 1 is 1.12 bits per heavy atom. The van der Waals surface area contributed by atoms with Gasteiger partial charge < -0.3 is 10.6 Å². The Kier molecular flexibility index (Phi) is 5.49. The van der Waals surface area contributed by atoms with Gasteiger partial charge in [0.2, 0.25) is 0 Å². The van der Waals surface area contributed by atoms with E-state index in [1.165, 1.54) is 12.1 Å². The van der Waals surface area contributed by atoms with Crippen molar-refractivity contribution in [3.8, 4) is 0 Å². The zero-order valence-electron chi connectivity index (χ0n) is 7.99. The summed E-state index contributed by atoms with van der Waals surface area (Å²) in [6.45, 7) is 0. The van der Waals surface area contributed by atoms with Crippen LogP contribution in [0.2, 0.25) is 0 Å². The van der Waals surface area contributed by atoms with E-state index in [0.29, 0.717) is 0 Å². The maximum atomic E-state index is 10.5. The Labute approximate surface area is 98.4 Å². The predicted molar refractivity (Wildman–Crippen MR) is 47.5 cm³/mol. The summed E-state index contributed by atoms with van der Waals surface area (Å²) < 4.78 is 61.4. The third-order valence-corrected chi connectivity index (χ3v) is 2.12. The molecule has 1 aromatic rings. The van der Waals surface area contributed by atoms with Crippen molar-refractivity contribution in [1.29, 1.82) is 0 Å². The van der Waals surface area contributed by atoms with E-state index in [4.69, 9.17) is 26.0 Å². The van der Waals surface area contributed by atoms with Crippen LogP contribution in [0.25, 0.3) is 5.53 Å². The van der Waals surface area contributed by atoms with E-state index in [9.17, 15) is 8.42 Å². The number of hydrogen-bond acceptors (Lipinski definition) is 5. The minimum atomic E-state index is -5.25. The normalized spacial score (nSPS) is 11.2. The van der Waals surface area contributed by atoms with Gasteiger partial charge in [-0.15, -0.1) is 0 Å². The molecular weight excluding hydrogens is 296 g/mol. The molecule has 0 saturated heterocycles. The van der Waals surface area contributed by atoms with Crippen molar-refractivity contribution in [2.75, 3.05) is 0 Å². The molecule has 9 nitrogen and oxygen atoms in total. The maximum absolute atomic E-state index is 10.5. The monoisotopic (exact) mass is 303 g/mol. The van der Waals surface area contributed by atoms with Crippen LogP contribution in [0.3, 0.4) is 0 Å². The van der Waals surface area contributed by atoms with E-state index in [2.05, 4.69) is 5.11 Å². The van der Waals surface area contributed by atoms with Gasteiger partial charge in [-0.05, 0) is 24.3 Å². The fraction of sp³-hybridized carbons (Fsp3) is 0. The second kappa shape index (κ2) is 5.92. The summed E-state index contributed by atoms with van der Waals surface area (Å²) in [5.41, 5.74) is 8.47. The molecule has 0 unspecified atom stereocenters. The van der Waals surface area contributed by atoms with Crippen LogP contribution in [0, 0.1) is 0 Å². The molecule has 0 aliphatic heterocycles. The molecule has 11 heteroatoms. The molecule has 0 fully saturated rings. The summed E-state index contributed by atoms with van der Waals surface area (Å²) in [5, 5.41) is 2.82. The van der Waals surface area contributed by atoms with Crippen LogP contribution in [0.4, 0.5) is 5.69 Å². The first-order chi connectivity index (χ1) is 7.54. The van der Waals surface area contributed by atoms with Crippen molar-refractivity contribution in [1.82, 2.24) is 0 Å². The number of nitrogens with zero attached hydrogens (tertiary/aromatic N) is 2.